The molecule has 2 aliphatic heterocycles. The third-order valence-corrected chi connectivity index (χ3v) is 5.39. The Morgan fingerprint density at radius 2 is 2.25 bits per heavy atom. The molecule has 2 aromatic rings. The van der Waals surface area contributed by atoms with Crippen molar-refractivity contribution in [3.05, 3.63) is 29.6 Å². The molecule has 0 radical (unpaired) electrons. The predicted octanol–water partition coefficient (Wildman–Crippen LogP) is 1.28. The second-order valence-corrected chi connectivity index (χ2v) is 7.04. The van der Waals surface area contributed by atoms with Crippen LogP contribution < -0.4 is 0 Å². The molecule has 2 saturated heterocycles. The van der Waals surface area contributed by atoms with E-state index in [2.05, 4.69) is 15.2 Å². The van der Waals surface area contributed by atoms with Gasteiger partial charge in [0.15, 0.2) is 6.39 Å². The number of nitrogens with zero attached hydrogens (tertiary/aromatic N) is 4. The summed E-state index contributed by atoms with van der Waals surface area (Å²) in [5.74, 6) is 2.07. The summed E-state index contributed by atoms with van der Waals surface area (Å²) in [6.45, 7) is 3.97. The Labute approximate surface area is 138 Å². The second-order valence-electron chi connectivity index (χ2n) is 7.04. The molecule has 2 atom stereocenters. The van der Waals surface area contributed by atoms with Crippen molar-refractivity contribution in [3.8, 4) is 0 Å². The lowest BCUT2D eigenvalue weighted by Gasteiger charge is -2.22. The first kappa shape index (κ1) is 14.2. The number of hydrogen-bond donors (Lipinski definition) is 0. The van der Waals surface area contributed by atoms with Crippen molar-refractivity contribution in [2.75, 3.05) is 26.3 Å². The summed E-state index contributed by atoms with van der Waals surface area (Å²) in [6, 6.07) is 0. The van der Waals surface area contributed by atoms with E-state index in [4.69, 9.17) is 13.6 Å². The quantitative estimate of drug-likeness (QED) is 0.836. The van der Waals surface area contributed by atoms with Gasteiger partial charge in [-0.15, -0.1) is 10.2 Å². The Balaban J connectivity index is 1.45. The molecule has 8 heteroatoms. The largest absolute Gasteiger partial charge is 0.438 e. The van der Waals surface area contributed by atoms with Crippen LogP contribution in [0.4, 0.5) is 0 Å². The van der Waals surface area contributed by atoms with Gasteiger partial charge in [-0.3, -0.25) is 4.79 Å². The third-order valence-electron chi connectivity index (χ3n) is 5.39. The summed E-state index contributed by atoms with van der Waals surface area (Å²) in [6.07, 6.45) is 3.53. The summed E-state index contributed by atoms with van der Waals surface area (Å²) in [5.41, 5.74) is 0.208. The van der Waals surface area contributed by atoms with E-state index in [9.17, 15) is 4.79 Å². The van der Waals surface area contributed by atoms with Crippen molar-refractivity contribution in [3.63, 3.8) is 0 Å². The molecule has 8 nitrogen and oxygen atoms in total. The Morgan fingerprint density at radius 3 is 3.00 bits per heavy atom. The van der Waals surface area contributed by atoms with Crippen LogP contribution in [-0.2, 0) is 10.2 Å². The number of aryl methyl sites for hydroxylation is 1. The highest BCUT2D eigenvalue weighted by Crippen LogP contribution is 2.46. The maximum atomic E-state index is 12.7. The van der Waals surface area contributed by atoms with Crippen LogP contribution >= 0.6 is 0 Å². The molecule has 0 bridgehead atoms. The molecule has 5 rings (SSSR count). The molecule has 24 heavy (non-hydrogen) atoms. The minimum absolute atomic E-state index is 0.138. The lowest BCUT2D eigenvalue weighted by molar-refractivity contribution is 0.0706. The molecule has 3 aliphatic rings. The number of rotatable bonds is 3. The van der Waals surface area contributed by atoms with E-state index in [1.807, 2.05) is 0 Å². The van der Waals surface area contributed by atoms with Crippen molar-refractivity contribution < 1.29 is 18.4 Å². The number of amides is 1. The van der Waals surface area contributed by atoms with E-state index >= 15 is 0 Å². The van der Waals surface area contributed by atoms with Gasteiger partial charge >= 0.3 is 0 Å². The zero-order valence-corrected chi connectivity index (χ0v) is 13.4. The van der Waals surface area contributed by atoms with Crippen LogP contribution in [0.25, 0.3) is 0 Å². The third kappa shape index (κ3) is 1.95. The summed E-state index contributed by atoms with van der Waals surface area (Å²) >= 11 is 0. The van der Waals surface area contributed by atoms with Gasteiger partial charge in [-0.1, -0.05) is 0 Å². The number of hydrogen-bond acceptors (Lipinski definition) is 7. The standard InChI is InChI=1S/C16H18N4O4/c1-9-12(23-8-17-9)14(21)20-4-11-5-22-7-16(11,6-20)15-19-18-13(24-15)10-2-3-10/h8,10-11H,2-7H2,1H3/t11-,16-/m1/s1. The zero-order valence-electron chi connectivity index (χ0n) is 13.4. The van der Waals surface area contributed by atoms with Crippen LogP contribution in [-0.4, -0.2) is 52.3 Å². The summed E-state index contributed by atoms with van der Waals surface area (Å²) in [7, 11) is 0. The SMILES string of the molecule is Cc1ncoc1C(=O)N1C[C@@H]2COC[C@]2(c2nnc(C3CC3)o2)C1. The Bertz CT molecular complexity index is 796. The average Bonchev–Trinajstić information content (AvgIpc) is 2.97. The van der Waals surface area contributed by atoms with Crippen molar-refractivity contribution in [1.29, 1.82) is 0 Å². The highest BCUT2D eigenvalue weighted by Gasteiger charge is 2.57. The molecule has 1 saturated carbocycles. The molecular weight excluding hydrogens is 312 g/mol. The van der Waals surface area contributed by atoms with Crippen LogP contribution in [0.3, 0.4) is 0 Å². The highest BCUT2D eigenvalue weighted by atomic mass is 16.5. The number of oxazole rings is 1. The van der Waals surface area contributed by atoms with Gasteiger partial charge in [0.05, 0.1) is 24.3 Å². The number of likely N-dealkylation sites (tertiary alicyclic amines) is 1. The molecule has 0 N–H and O–H groups in total. The molecule has 0 unspecified atom stereocenters. The lowest BCUT2D eigenvalue weighted by atomic mass is 9.81. The first-order valence-electron chi connectivity index (χ1n) is 8.28. The Morgan fingerprint density at radius 1 is 1.38 bits per heavy atom. The van der Waals surface area contributed by atoms with E-state index in [0.717, 1.165) is 18.7 Å². The van der Waals surface area contributed by atoms with Gasteiger partial charge in [0.1, 0.15) is 0 Å². The number of fused-ring (bicyclic) bond motifs is 1. The fraction of sp³-hybridized carbons (Fsp3) is 0.625. The minimum atomic E-state index is -0.399. The molecule has 0 spiro atoms. The molecule has 126 valence electrons. The smallest absolute Gasteiger partial charge is 0.291 e. The second kappa shape index (κ2) is 4.89. The number of ether oxygens (including phenoxy) is 1. The van der Waals surface area contributed by atoms with E-state index in [1.54, 1.807) is 11.8 Å². The van der Waals surface area contributed by atoms with Crippen molar-refractivity contribution in [2.24, 2.45) is 5.92 Å². The van der Waals surface area contributed by atoms with E-state index in [1.165, 1.54) is 6.39 Å². The molecule has 0 aromatic carbocycles. The molecule has 3 fully saturated rings. The van der Waals surface area contributed by atoms with Gasteiger partial charge in [-0.2, -0.15) is 0 Å². The monoisotopic (exact) mass is 330 g/mol. The van der Waals surface area contributed by atoms with E-state index in [-0.39, 0.29) is 11.8 Å². The van der Waals surface area contributed by atoms with Gasteiger partial charge in [0.2, 0.25) is 17.5 Å². The lowest BCUT2D eigenvalue weighted by Crippen LogP contribution is -2.37. The fourth-order valence-electron chi connectivity index (χ4n) is 3.77. The van der Waals surface area contributed by atoms with E-state index in [0.29, 0.717) is 49.6 Å². The van der Waals surface area contributed by atoms with Gasteiger partial charge < -0.3 is 18.5 Å². The number of carbonyl (C=O) groups is 1. The fourth-order valence-corrected chi connectivity index (χ4v) is 3.77. The van der Waals surface area contributed by atoms with Gasteiger partial charge in [-0.25, -0.2) is 4.98 Å². The van der Waals surface area contributed by atoms with Gasteiger partial charge in [-0.05, 0) is 19.8 Å². The van der Waals surface area contributed by atoms with Crippen molar-refractivity contribution in [2.45, 2.75) is 31.1 Å². The first-order valence-corrected chi connectivity index (χ1v) is 8.28. The van der Waals surface area contributed by atoms with Crippen LogP contribution in [0.5, 0.6) is 0 Å². The Kier molecular flexibility index (Phi) is 2.88. The maximum absolute atomic E-state index is 12.7. The van der Waals surface area contributed by atoms with Gasteiger partial charge in [0.25, 0.3) is 5.91 Å². The van der Waals surface area contributed by atoms with Crippen LogP contribution in [0.1, 0.15) is 46.8 Å². The van der Waals surface area contributed by atoms with Crippen LogP contribution in [0.15, 0.2) is 15.2 Å². The normalized spacial score (nSPS) is 29.2. The number of carbonyl (C=O) groups excluding carboxylic acids is 1. The molecular formula is C16H18N4O4. The summed E-state index contributed by atoms with van der Waals surface area (Å²) < 4.78 is 16.9. The Hall–Kier alpha value is -2.22. The molecule has 4 heterocycles. The predicted molar refractivity (Wildman–Crippen MR) is 79.4 cm³/mol. The van der Waals surface area contributed by atoms with Crippen molar-refractivity contribution >= 4 is 5.91 Å². The zero-order chi connectivity index (χ0) is 16.3. The van der Waals surface area contributed by atoms with Crippen molar-refractivity contribution in [1.82, 2.24) is 20.1 Å². The first-order chi connectivity index (χ1) is 11.7. The summed E-state index contributed by atoms with van der Waals surface area (Å²) in [4.78, 5) is 18.5. The topological polar surface area (TPSA) is 94.5 Å². The minimum Gasteiger partial charge on any atom is -0.438 e. The number of aromatic nitrogens is 3. The van der Waals surface area contributed by atoms with E-state index < -0.39 is 5.41 Å². The molecule has 2 aromatic heterocycles. The van der Waals surface area contributed by atoms with Crippen LogP contribution in [0.2, 0.25) is 0 Å². The average molecular weight is 330 g/mol. The molecule has 1 amide bonds. The highest BCUT2D eigenvalue weighted by molar-refractivity contribution is 5.92. The molecule has 1 aliphatic carbocycles. The summed E-state index contributed by atoms with van der Waals surface area (Å²) in [5, 5.41) is 8.50. The van der Waals surface area contributed by atoms with Crippen LogP contribution in [0, 0.1) is 12.8 Å². The van der Waals surface area contributed by atoms with Gasteiger partial charge in [0, 0.05) is 24.9 Å². The maximum Gasteiger partial charge on any atom is 0.291 e.